The maximum atomic E-state index is 12.9. The van der Waals surface area contributed by atoms with Crippen LogP contribution in [0.5, 0.6) is 0 Å². The number of hydrogen-bond acceptors (Lipinski definition) is 6. The third-order valence-corrected chi connectivity index (χ3v) is 5.23. The van der Waals surface area contributed by atoms with Crippen LogP contribution in [-0.2, 0) is 11.3 Å². The van der Waals surface area contributed by atoms with Gasteiger partial charge in [0.2, 0.25) is 0 Å². The highest BCUT2D eigenvalue weighted by Crippen LogP contribution is 2.24. The monoisotopic (exact) mass is 375 g/mol. The van der Waals surface area contributed by atoms with E-state index in [1.807, 2.05) is 44.4 Å². The number of ether oxygens (including phenoxy) is 1. The average molecular weight is 375 g/mol. The third kappa shape index (κ3) is 3.30. The lowest BCUT2D eigenvalue weighted by molar-refractivity contribution is 0.0968. The van der Waals surface area contributed by atoms with Gasteiger partial charge < -0.3 is 9.30 Å². The normalized spacial score (nSPS) is 12.5. The van der Waals surface area contributed by atoms with Gasteiger partial charge in [0.1, 0.15) is 0 Å². The smallest absolute Gasteiger partial charge is 0.383 e. The molecule has 0 fully saturated rings. The minimum absolute atomic E-state index is 0.113. The van der Waals surface area contributed by atoms with Crippen molar-refractivity contribution < 1.29 is 14.1 Å². The highest BCUT2D eigenvalue weighted by atomic mass is 32.1. The number of aromatic nitrogens is 3. The van der Waals surface area contributed by atoms with E-state index in [4.69, 9.17) is 9.26 Å². The quantitative estimate of drug-likeness (QED) is 0.593. The van der Waals surface area contributed by atoms with Crippen LogP contribution in [0.3, 0.4) is 0 Å². The van der Waals surface area contributed by atoms with E-state index < -0.39 is 5.76 Å². The fourth-order valence-corrected chi connectivity index (χ4v) is 3.99. The molecule has 0 aliphatic rings. The lowest BCUT2D eigenvalue weighted by Crippen LogP contribution is -2.21. The van der Waals surface area contributed by atoms with Gasteiger partial charge in [0, 0.05) is 24.1 Å². The first-order valence-electron chi connectivity index (χ1n) is 8.25. The summed E-state index contributed by atoms with van der Waals surface area (Å²) in [6.45, 7) is 6.34. The van der Waals surface area contributed by atoms with Gasteiger partial charge in [-0.25, -0.2) is 9.36 Å². The summed E-state index contributed by atoms with van der Waals surface area (Å²) in [7, 11) is 1.65. The molecule has 0 unspecified atom stereocenters. The minimum Gasteiger partial charge on any atom is -0.383 e. The molecule has 3 rings (SSSR count). The first-order valence-corrected chi connectivity index (χ1v) is 9.13. The maximum absolute atomic E-state index is 12.9. The Morgan fingerprint density at radius 3 is 2.85 bits per heavy atom. The Labute approximate surface area is 154 Å². The van der Waals surface area contributed by atoms with E-state index in [2.05, 4.69) is 9.72 Å². The molecule has 0 saturated carbocycles. The van der Waals surface area contributed by atoms with Crippen LogP contribution in [0.15, 0.2) is 32.9 Å². The molecule has 0 bridgehead atoms. The molecular weight excluding hydrogens is 354 g/mol. The fraction of sp³-hybridized carbons (Fsp3) is 0.389. The zero-order chi connectivity index (χ0) is 18.8. The minimum atomic E-state index is -0.636. The molecule has 3 heterocycles. The van der Waals surface area contributed by atoms with E-state index in [9.17, 15) is 9.59 Å². The van der Waals surface area contributed by atoms with E-state index in [-0.39, 0.29) is 18.4 Å². The van der Waals surface area contributed by atoms with Crippen LogP contribution in [0.4, 0.5) is 0 Å². The van der Waals surface area contributed by atoms with Crippen molar-refractivity contribution >= 4 is 17.1 Å². The summed E-state index contributed by atoms with van der Waals surface area (Å²) in [6.07, 6.45) is 0. The molecule has 0 amide bonds. The van der Waals surface area contributed by atoms with Crippen LogP contribution in [-0.4, -0.2) is 33.8 Å². The molecule has 0 aliphatic heterocycles. The van der Waals surface area contributed by atoms with E-state index in [0.717, 1.165) is 16.3 Å². The lowest BCUT2D eigenvalue weighted by atomic mass is 10.1. The maximum Gasteiger partial charge on any atom is 0.442 e. The van der Waals surface area contributed by atoms with Crippen LogP contribution < -0.4 is 5.76 Å². The third-order valence-electron chi connectivity index (χ3n) is 4.36. The van der Waals surface area contributed by atoms with Gasteiger partial charge in [0.05, 0.1) is 24.1 Å². The second-order valence-electron chi connectivity index (χ2n) is 6.22. The zero-order valence-corrected chi connectivity index (χ0v) is 16.0. The van der Waals surface area contributed by atoms with E-state index >= 15 is 0 Å². The molecule has 0 spiro atoms. The van der Waals surface area contributed by atoms with Gasteiger partial charge in [-0.1, -0.05) is 11.2 Å². The summed E-state index contributed by atoms with van der Waals surface area (Å²) >= 11 is 1.43. The Balaban J connectivity index is 1.92. The average Bonchev–Trinajstić information content (AvgIpc) is 3.29. The highest BCUT2D eigenvalue weighted by molar-refractivity contribution is 7.13. The van der Waals surface area contributed by atoms with Crippen molar-refractivity contribution in [2.45, 2.75) is 33.4 Å². The van der Waals surface area contributed by atoms with E-state index in [1.165, 1.54) is 15.9 Å². The van der Waals surface area contributed by atoms with Gasteiger partial charge in [0.25, 0.3) is 0 Å². The largest absolute Gasteiger partial charge is 0.442 e. The second-order valence-corrected chi connectivity index (χ2v) is 7.17. The van der Waals surface area contributed by atoms with Crippen molar-refractivity contribution in [3.05, 3.63) is 51.1 Å². The Bertz CT molecular complexity index is 965. The second kappa shape index (κ2) is 7.43. The number of aryl methyl sites for hydroxylation is 1. The van der Waals surface area contributed by atoms with Gasteiger partial charge in [-0.15, -0.1) is 11.3 Å². The summed E-state index contributed by atoms with van der Waals surface area (Å²) in [5, 5.41) is 5.70. The summed E-state index contributed by atoms with van der Waals surface area (Å²) in [4.78, 5) is 25.7. The molecule has 0 aliphatic carbocycles. The Morgan fingerprint density at radius 2 is 2.19 bits per heavy atom. The van der Waals surface area contributed by atoms with Gasteiger partial charge in [-0.3, -0.25) is 9.32 Å². The summed E-state index contributed by atoms with van der Waals surface area (Å²) in [6, 6.07) is 5.66. The molecule has 26 heavy (non-hydrogen) atoms. The van der Waals surface area contributed by atoms with Crippen molar-refractivity contribution in [1.82, 2.24) is 14.3 Å². The van der Waals surface area contributed by atoms with Crippen molar-refractivity contribution in [3.63, 3.8) is 0 Å². The van der Waals surface area contributed by atoms with Crippen molar-refractivity contribution in [2.24, 2.45) is 0 Å². The van der Waals surface area contributed by atoms with Crippen molar-refractivity contribution in [1.29, 1.82) is 0 Å². The highest BCUT2D eigenvalue weighted by Gasteiger charge is 2.22. The molecule has 8 heteroatoms. The van der Waals surface area contributed by atoms with Gasteiger partial charge in [0.15, 0.2) is 11.6 Å². The lowest BCUT2D eigenvalue weighted by Gasteiger charge is -2.17. The van der Waals surface area contributed by atoms with E-state index in [0.29, 0.717) is 18.0 Å². The predicted molar refractivity (Wildman–Crippen MR) is 98.9 cm³/mol. The molecule has 3 aromatic rings. The fourth-order valence-electron chi connectivity index (χ4n) is 3.27. The van der Waals surface area contributed by atoms with Crippen LogP contribution in [0, 0.1) is 13.8 Å². The first kappa shape index (κ1) is 18.3. The molecule has 1 atom stereocenters. The molecule has 3 aromatic heterocycles. The number of rotatable bonds is 7. The summed E-state index contributed by atoms with van der Waals surface area (Å²) in [5.41, 5.74) is 2.43. The topological polar surface area (TPSA) is 79.3 Å². The van der Waals surface area contributed by atoms with Crippen LogP contribution in [0.1, 0.15) is 34.7 Å². The molecule has 7 nitrogen and oxygen atoms in total. The number of Topliss-reactive ketones (excluding diaryl/α,β-unsaturated/α-hetero) is 1. The Hall–Kier alpha value is -2.45. The standard InChI is InChI=1S/C18H21N3O4S/c1-11-8-14(13(3)21(11)12(2)10-24-4)15(22)9-20-17(19-25-18(20)23)16-6-5-7-26-16/h5-8,12H,9-10H2,1-4H3/t12-/m1/s1. The van der Waals surface area contributed by atoms with Crippen LogP contribution in [0.2, 0.25) is 0 Å². The van der Waals surface area contributed by atoms with Crippen LogP contribution >= 0.6 is 11.3 Å². The zero-order valence-electron chi connectivity index (χ0n) is 15.2. The number of carbonyl (C=O) groups excluding carboxylic acids is 1. The summed E-state index contributed by atoms with van der Waals surface area (Å²) < 4.78 is 13.4. The van der Waals surface area contributed by atoms with Crippen LogP contribution in [0.25, 0.3) is 10.7 Å². The molecule has 138 valence electrons. The number of hydrogen-bond donors (Lipinski definition) is 0. The number of nitrogens with zero attached hydrogens (tertiary/aromatic N) is 3. The molecule has 0 saturated heterocycles. The van der Waals surface area contributed by atoms with Crippen molar-refractivity contribution in [2.75, 3.05) is 13.7 Å². The van der Waals surface area contributed by atoms with Gasteiger partial charge in [-0.05, 0) is 38.3 Å². The molecule has 0 N–H and O–H groups in total. The molecule has 0 aromatic carbocycles. The first-order chi connectivity index (χ1) is 12.4. The number of thiophene rings is 1. The van der Waals surface area contributed by atoms with Crippen molar-refractivity contribution in [3.8, 4) is 10.7 Å². The van der Waals surface area contributed by atoms with E-state index in [1.54, 1.807) is 7.11 Å². The number of carbonyl (C=O) groups is 1. The molecular formula is C18H21N3O4S. The predicted octanol–water partition coefficient (Wildman–Crippen LogP) is 3.07. The number of methoxy groups -OCH3 is 1. The van der Waals surface area contributed by atoms with Gasteiger partial charge in [-0.2, -0.15) is 0 Å². The number of ketones is 1. The SMILES string of the molecule is COC[C@@H](C)n1c(C)cc(C(=O)Cn2c(-c3cccs3)noc2=O)c1C. The molecule has 0 radical (unpaired) electrons. The summed E-state index contributed by atoms with van der Waals surface area (Å²) in [5.74, 6) is -0.416. The Kier molecular flexibility index (Phi) is 5.24. The Morgan fingerprint density at radius 1 is 1.42 bits per heavy atom. The van der Waals surface area contributed by atoms with Gasteiger partial charge >= 0.3 is 5.76 Å².